The molecule has 0 spiro atoms. The largest absolute Gasteiger partial charge is 0.394 e. The molecule has 0 radical (unpaired) electrons. The Labute approximate surface area is 396 Å². The molecule has 64 heavy (non-hydrogen) atoms. The van der Waals surface area contributed by atoms with E-state index in [2.05, 4.69) is 141 Å². The zero-order valence-corrected chi connectivity index (χ0v) is 41.5. The highest BCUT2D eigenvalue weighted by Crippen LogP contribution is 2.13. The van der Waals surface area contributed by atoms with Crippen LogP contribution in [0.25, 0.3) is 0 Å². The highest BCUT2D eigenvalue weighted by molar-refractivity contribution is 5.76. The first-order chi connectivity index (χ1) is 31.7. The molecule has 2 unspecified atom stereocenters. The number of amides is 1. The third-order valence-electron chi connectivity index (χ3n) is 11.1. The van der Waals surface area contributed by atoms with Crippen LogP contribution in [-0.4, -0.2) is 34.9 Å². The van der Waals surface area contributed by atoms with Gasteiger partial charge in [0.25, 0.3) is 0 Å². The second kappa shape index (κ2) is 53.9. The number of aliphatic hydroxyl groups is 2. The Morgan fingerprint density at radius 1 is 0.391 bits per heavy atom. The third kappa shape index (κ3) is 49.5. The quantitative estimate of drug-likeness (QED) is 0.0421. The van der Waals surface area contributed by atoms with Crippen molar-refractivity contribution in [3.8, 4) is 0 Å². The highest BCUT2D eigenvalue weighted by atomic mass is 16.3. The van der Waals surface area contributed by atoms with Crippen molar-refractivity contribution in [1.29, 1.82) is 0 Å². The molecule has 0 bridgehead atoms. The fourth-order valence-corrected chi connectivity index (χ4v) is 7.11. The van der Waals surface area contributed by atoms with Crippen LogP contribution in [-0.2, 0) is 4.79 Å². The lowest BCUT2D eigenvalue weighted by Gasteiger charge is -2.19. The standard InChI is InChI=1S/C60H99NO3/c1-3-5-7-9-11-13-15-17-19-21-22-23-24-25-26-27-28-29-30-31-32-33-34-35-36-37-38-40-42-44-46-48-50-52-54-56-60(64)61-58(57-62)59(63)55-53-51-49-47-45-43-41-39-20-18-16-14-12-10-8-6-4-2/h5,7,11,13,17,19-20,22-23,25-26,28-29,31-32,34-35,39,45,47,53,55,58-59,62-63H,3-4,6,8-10,12,14-16,18,21,24,27,30,33,36-38,40-44,46,48-52,54,56-57H2,1-2H3,(H,61,64)/b7-5-,13-11-,19-17-,23-22-,26-25-,29-28-,32-31-,35-34-,39-20+,47-45+,55-53+. The summed E-state index contributed by atoms with van der Waals surface area (Å²) in [5.74, 6) is -0.0888. The van der Waals surface area contributed by atoms with Crippen LogP contribution in [0.3, 0.4) is 0 Å². The molecule has 0 fully saturated rings. The Morgan fingerprint density at radius 2 is 0.703 bits per heavy atom. The maximum atomic E-state index is 12.4. The van der Waals surface area contributed by atoms with Gasteiger partial charge in [0.15, 0.2) is 0 Å². The van der Waals surface area contributed by atoms with Gasteiger partial charge in [-0.25, -0.2) is 0 Å². The van der Waals surface area contributed by atoms with Crippen molar-refractivity contribution in [1.82, 2.24) is 5.32 Å². The maximum Gasteiger partial charge on any atom is 0.220 e. The minimum Gasteiger partial charge on any atom is -0.394 e. The first-order valence-corrected chi connectivity index (χ1v) is 26.4. The minimum atomic E-state index is -0.881. The van der Waals surface area contributed by atoms with Gasteiger partial charge in [0.1, 0.15) is 0 Å². The molecule has 0 aliphatic rings. The van der Waals surface area contributed by atoms with Crippen LogP contribution in [0.1, 0.15) is 219 Å². The second-order valence-electron chi connectivity index (χ2n) is 17.2. The molecule has 4 heteroatoms. The van der Waals surface area contributed by atoms with Crippen LogP contribution in [0, 0.1) is 0 Å². The van der Waals surface area contributed by atoms with E-state index in [0.29, 0.717) is 6.42 Å². The average molecular weight is 882 g/mol. The number of hydrogen-bond donors (Lipinski definition) is 3. The predicted molar refractivity (Wildman–Crippen MR) is 285 cm³/mol. The molecule has 0 aliphatic carbocycles. The number of nitrogens with one attached hydrogen (secondary N) is 1. The summed E-state index contributed by atoms with van der Waals surface area (Å²) in [7, 11) is 0. The van der Waals surface area contributed by atoms with Crippen molar-refractivity contribution in [2.45, 2.75) is 231 Å². The number of unbranched alkanes of at least 4 members (excludes halogenated alkanes) is 19. The molecular weight excluding hydrogens is 783 g/mol. The third-order valence-corrected chi connectivity index (χ3v) is 11.1. The zero-order chi connectivity index (χ0) is 46.3. The van der Waals surface area contributed by atoms with Gasteiger partial charge in [0.05, 0.1) is 18.8 Å². The van der Waals surface area contributed by atoms with Crippen LogP contribution in [0.2, 0.25) is 0 Å². The number of carbonyl (C=O) groups is 1. The molecule has 0 heterocycles. The highest BCUT2D eigenvalue weighted by Gasteiger charge is 2.17. The van der Waals surface area contributed by atoms with Crippen molar-refractivity contribution >= 4 is 5.91 Å². The van der Waals surface area contributed by atoms with E-state index >= 15 is 0 Å². The van der Waals surface area contributed by atoms with Gasteiger partial charge in [-0.05, 0) is 109 Å². The van der Waals surface area contributed by atoms with Crippen molar-refractivity contribution in [3.05, 3.63) is 134 Å². The van der Waals surface area contributed by atoms with Crippen molar-refractivity contribution < 1.29 is 15.0 Å². The van der Waals surface area contributed by atoms with Gasteiger partial charge in [-0.1, -0.05) is 237 Å². The summed E-state index contributed by atoms with van der Waals surface area (Å²) in [6, 6.07) is -0.657. The molecule has 0 rings (SSSR count). The molecule has 3 N–H and O–H groups in total. The van der Waals surface area contributed by atoms with E-state index in [4.69, 9.17) is 0 Å². The van der Waals surface area contributed by atoms with Crippen LogP contribution >= 0.6 is 0 Å². The molecule has 4 nitrogen and oxygen atoms in total. The fraction of sp³-hybridized carbons (Fsp3) is 0.617. The summed E-state index contributed by atoms with van der Waals surface area (Å²) < 4.78 is 0. The van der Waals surface area contributed by atoms with E-state index in [0.717, 1.165) is 96.3 Å². The Morgan fingerprint density at radius 3 is 1.09 bits per heavy atom. The normalized spacial score (nSPS) is 14.0. The van der Waals surface area contributed by atoms with Crippen LogP contribution < -0.4 is 5.32 Å². The Hall–Kier alpha value is -3.47. The molecule has 0 saturated heterocycles. The first kappa shape index (κ1) is 60.5. The van der Waals surface area contributed by atoms with Gasteiger partial charge in [0, 0.05) is 6.42 Å². The summed E-state index contributed by atoms with van der Waals surface area (Å²) in [6.07, 6.45) is 84.4. The summed E-state index contributed by atoms with van der Waals surface area (Å²) in [6.45, 7) is 4.16. The van der Waals surface area contributed by atoms with Gasteiger partial charge >= 0.3 is 0 Å². The average Bonchev–Trinajstić information content (AvgIpc) is 3.30. The Balaban J connectivity index is 3.65. The summed E-state index contributed by atoms with van der Waals surface area (Å²) in [5.41, 5.74) is 0. The van der Waals surface area contributed by atoms with Crippen LogP contribution in [0.15, 0.2) is 134 Å². The molecule has 2 atom stereocenters. The lowest BCUT2D eigenvalue weighted by atomic mass is 10.0. The molecule has 0 aromatic carbocycles. The lowest BCUT2D eigenvalue weighted by Crippen LogP contribution is -2.45. The topological polar surface area (TPSA) is 69.6 Å². The van der Waals surface area contributed by atoms with E-state index < -0.39 is 12.1 Å². The zero-order valence-electron chi connectivity index (χ0n) is 41.5. The van der Waals surface area contributed by atoms with Gasteiger partial charge in [-0.15, -0.1) is 0 Å². The van der Waals surface area contributed by atoms with E-state index in [9.17, 15) is 15.0 Å². The van der Waals surface area contributed by atoms with Gasteiger partial charge in [-0.2, -0.15) is 0 Å². The van der Waals surface area contributed by atoms with Crippen molar-refractivity contribution in [2.75, 3.05) is 6.61 Å². The second-order valence-corrected chi connectivity index (χ2v) is 17.2. The number of hydrogen-bond acceptors (Lipinski definition) is 3. The van der Waals surface area contributed by atoms with E-state index in [1.54, 1.807) is 6.08 Å². The summed E-state index contributed by atoms with van der Waals surface area (Å²) in [4.78, 5) is 12.4. The number of aliphatic hydroxyl groups excluding tert-OH is 2. The maximum absolute atomic E-state index is 12.4. The molecule has 0 saturated carbocycles. The Bertz CT molecular complexity index is 1320. The number of carbonyl (C=O) groups excluding carboxylic acids is 1. The van der Waals surface area contributed by atoms with E-state index in [-0.39, 0.29) is 12.5 Å². The number of rotatable bonds is 46. The molecule has 362 valence electrons. The summed E-state index contributed by atoms with van der Waals surface area (Å²) in [5, 5.41) is 23.1. The fourth-order valence-electron chi connectivity index (χ4n) is 7.11. The smallest absolute Gasteiger partial charge is 0.220 e. The summed E-state index contributed by atoms with van der Waals surface area (Å²) >= 11 is 0. The molecular formula is C60H99NO3. The molecule has 0 aromatic heterocycles. The van der Waals surface area contributed by atoms with Crippen molar-refractivity contribution in [3.63, 3.8) is 0 Å². The lowest BCUT2D eigenvalue weighted by molar-refractivity contribution is -0.123. The Kier molecular flexibility index (Phi) is 50.9. The van der Waals surface area contributed by atoms with Crippen molar-refractivity contribution in [2.24, 2.45) is 0 Å². The first-order valence-electron chi connectivity index (χ1n) is 26.4. The monoisotopic (exact) mass is 882 g/mol. The van der Waals surface area contributed by atoms with Crippen LogP contribution in [0.4, 0.5) is 0 Å². The molecule has 1 amide bonds. The SMILES string of the molecule is CC/C=C\C/C=C\C/C=C\C/C=C\C/C=C\C/C=C\C/C=C\C/C=C\CCCCCCCCCCCCC(=O)NC(CO)C(O)/C=C/CC/C=C/CC/C=C/CCCCCCCCC. The molecule has 0 aromatic rings. The predicted octanol–water partition coefficient (Wildman–Crippen LogP) is 17.5. The van der Waals surface area contributed by atoms with Gasteiger partial charge in [0.2, 0.25) is 5.91 Å². The van der Waals surface area contributed by atoms with E-state index in [1.165, 1.54) is 103 Å². The van der Waals surface area contributed by atoms with Gasteiger partial charge in [-0.3, -0.25) is 4.79 Å². The van der Waals surface area contributed by atoms with E-state index in [1.807, 2.05) is 6.08 Å². The molecule has 0 aliphatic heterocycles. The van der Waals surface area contributed by atoms with Gasteiger partial charge < -0.3 is 15.5 Å². The number of allylic oxidation sites excluding steroid dienone is 21. The van der Waals surface area contributed by atoms with Crippen LogP contribution in [0.5, 0.6) is 0 Å². The minimum absolute atomic E-state index is 0.0888.